The van der Waals surface area contributed by atoms with Crippen molar-refractivity contribution in [1.82, 2.24) is 19.6 Å². The first-order valence-electron chi connectivity index (χ1n) is 10.7. The Labute approximate surface area is 186 Å². The van der Waals surface area contributed by atoms with Gasteiger partial charge in [0.05, 0.1) is 17.4 Å². The van der Waals surface area contributed by atoms with Gasteiger partial charge < -0.3 is 5.32 Å². The van der Waals surface area contributed by atoms with Gasteiger partial charge in [0.1, 0.15) is 0 Å². The molecule has 1 N–H and O–H groups in total. The third-order valence-electron chi connectivity index (χ3n) is 5.36. The molecule has 5 rings (SSSR count). The number of pyridine rings is 1. The van der Waals surface area contributed by atoms with E-state index in [2.05, 4.69) is 32.5 Å². The van der Waals surface area contributed by atoms with Crippen molar-refractivity contribution in [2.75, 3.05) is 5.32 Å². The molecule has 0 fully saturated rings. The van der Waals surface area contributed by atoms with E-state index < -0.39 is 0 Å². The predicted octanol–water partition coefficient (Wildman–Crippen LogP) is 5.60. The van der Waals surface area contributed by atoms with Crippen LogP contribution in [0.4, 0.5) is 5.69 Å². The molecule has 2 aromatic carbocycles. The van der Waals surface area contributed by atoms with Gasteiger partial charge in [-0.05, 0) is 30.2 Å². The van der Waals surface area contributed by atoms with Crippen LogP contribution < -0.4 is 5.32 Å². The Morgan fingerprint density at radius 1 is 0.969 bits per heavy atom. The summed E-state index contributed by atoms with van der Waals surface area (Å²) >= 11 is 0. The summed E-state index contributed by atoms with van der Waals surface area (Å²) in [6, 6.07) is 19.8. The topological polar surface area (TPSA) is 72.2 Å². The lowest BCUT2D eigenvalue weighted by Gasteiger charge is -2.10. The highest BCUT2D eigenvalue weighted by atomic mass is 16.1. The molecule has 3 aromatic heterocycles. The third kappa shape index (κ3) is 3.71. The first-order chi connectivity index (χ1) is 15.6. The number of aromatic nitrogens is 4. The largest absolute Gasteiger partial charge is 0.326 e. The number of carbonyl (C=O) groups excluding carboxylic acids is 1. The number of rotatable bonds is 5. The molecule has 0 saturated heterocycles. The second-order valence-corrected chi connectivity index (χ2v) is 8.23. The van der Waals surface area contributed by atoms with E-state index in [9.17, 15) is 4.79 Å². The quantitative estimate of drug-likeness (QED) is 0.401. The van der Waals surface area contributed by atoms with Gasteiger partial charge in [-0.2, -0.15) is 5.10 Å². The number of para-hydroxylation sites is 1. The van der Waals surface area contributed by atoms with Gasteiger partial charge >= 0.3 is 0 Å². The van der Waals surface area contributed by atoms with Crippen molar-refractivity contribution in [3.63, 3.8) is 0 Å². The number of hydrogen-bond donors (Lipinski definition) is 1. The van der Waals surface area contributed by atoms with Crippen LogP contribution in [0.5, 0.6) is 0 Å². The summed E-state index contributed by atoms with van der Waals surface area (Å²) in [6.45, 7) is 4.06. The molecule has 0 radical (unpaired) electrons. The molecule has 0 aliphatic rings. The number of hydrogen-bond acceptors (Lipinski definition) is 4. The fourth-order valence-corrected chi connectivity index (χ4v) is 3.96. The first-order valence-corrected chi connectivity index (χ1v) is 10.7. The zero-order valence-electron chi connectivity index (χ0n) is 18.0. The third-order valence-corrected chi connectivity index (χ3v) is 5.36. The van der Waals surface area contributed by atoms with E-state index >= 15 is 0 Å². The predicted molar refractivity (Wildman–Crippen MR) is 127 cm³/mol. The van der Waals surface area contributed by atoms with Crippen molar-refractivity contribution >= 4 is 28.1 Å². The lowest BCUT2D eigenvalue weighted by molar-refractivity contribution is -0.116. The van der Waals surface area contributed by atoms with Crippen LogP contribution in [-0.2, 0) is 4.79 Å². The molecule has 32 heavy (non-hydrogen) atoms. The number of anilines is 1. The van der Waals surface area contributed by atoms with E-state index in [0.29, 0.717) is 12.3 Å². The Hall–Kier alpha value is -4.06. The Balaban J connectivity index is 1.57. The molecule has 158 valence electrons. The maximum atomic E-state index is 12.2. The Morgan fingerprint density at radius 2 is 1.81 bits per heavy atom. The smallest absolute Gasteiger partial charge is 0.224 e. The molecule has 6 nitrogen and oxygen atoms in total. The van der Waals surface area contributed by atoms with Gasteiger partial charge in [-0.1, -0.05) is 50.2 Å². The highest BCUT2D eigenvalue weighted by molar-refractivity contribution is 5.97. The molecule has 0 saturated carbocycles. The first kappa shape index (κ1) is 19.9. The lowest BCUT2D eigenvalue weighted by Crippen LogP contribution is -2.13. The van der Waals surface area contributed by atoms with Crippen LogP contribution in [0.3, 0.4) is 0 Å². The average molecular weight is 422 g/mol. The number of carbonyl (C=O) groups is 1. The second-order valence-electron chi connectivity index (χ2n) is 8.23. The van der Waals surface area contributed by atoms with Crippen LogP contribution in [0.25, 0.3) is 38.9 Å². The second kappa shape index (κ2) is 8.23. The number of nitrogens with one attached hydrogen (secondary N) is 1. The van der Waals surface area contributed by atoms with Crippen LogP contribution in [0, 0.1) is 5.92 Å². The van der Waals surface area contributed by atoms with Gasteiger partial charge in [0.15, 0.2) is 5.65 Å². The van der Waals surface area contributed by atoms with Crippen LogP contribution in [0.1, 0.15) is 20.3 Å². The van der Waals surface area contributed by atoms with Crippen molar-refractivity contribution in [2.24, 2.45) is 5.92 Å². The minimum Gasteiger partial charge on any atom is -0.326 e. The Morgan fingerprint density at radius 3 is 2.69 bits per heavy atom. The van der Waals surface area contributed by atoms with E-state index in [-0.39, 0.29) is 5.91 Å². The monoisotopic (exact) mass is 421 g/mol. The standard InChI is InChI=1S/C26H23N5O/c1-17(2)14-24(32)30-20-9-3-7-19(15-20)23-11-13-28-26-22(16-29-31(23)26)21-10-4-6-18-8-5-12-27-25(18)21/h3-13,15-17H,14H2,1-2H3,(H,30,32). The van der Waals surface area contributed by atoms with Gasteiger partial charge in [-0.25, -0.2) is 9.50 Å². The molecule has 0 unspecified atom stereocenters. The minimum atomic E-state index is 0.0156. The van der Waals surface area contributed by atoms with E-state index in [1.54, 1.807) is 12.4 Å². The maximum Gasteiger partial charge on any atom is 0.224 e. The molecular formula is C26H23N5O. The van der Waals surface area contributed by atoms with Crippen molar-refractivity contribution in [1.29, 1.82) is 0 Å². The molecular weight excluding hydrogens is 398 g/mol. The molecule has 0 atom stereocenters. The summed E-state index contributed by atoms with van der Waals surface area (Å²) in [5.41, 5.74) is 6.22. The van der Waals surface area contributed by atoms with Crippen molar-refractivity contribution in [3.05, 3.63) is 79.3 Å². The molecule has 0 aliphatic carbocycles. The van der Waals surface area contributed by atoms with Crippen molar-refractivity contribution < 1.29 is 4.79 Å². The zero-order chi connectivity index (χ0) is 22.1. The van der Waals surface area contributed by atoms with E-state index in [0.717, 1.165) is 44.6 Å². The molecule has 1 amide bonds. The van der Waals surface area contributed by atoms with E-state index in [1.165, 1.54) is 0 Å². The highest BCUT2D eigenvalue weighted by Gasteiger charge is 2.15. The Bertz CT molecular complexity index is 1430. The lowest BCUT2D eigenvalue weighted by atomic mass is 10.0. The fourth-order valence-electron chi connectivity index (χ4n) is 3.96. The number of nitrogens with zero attached hydrogens (tertiary/aromatic N) is 4. The van der Waals surface area contributed by atoms with Gasteiger partial charge in [-0.15, -0.1) is 0 Å². The SMILES string of the molecule is CC(C)CC(=O)Nc1cccc(-c2ccnc3c(-c4cccc5cccnc45)cnn23)c1. The minimum absolute atomic E-state index is 0.0156. The average Bonchev–Trinajstić information content (AvgIpc) is 3.22. The van der Waals surface area contributed by atoms with Crippen molar-refractivity contribution in [3.8, 4) is 22.4 Å². The van der Waals surface area contributed by atoms with Crippen LogP contribution >= 0.6 is 0 Å². The number of fused-ring (bicyclic) bond motifs is 2. The molecule has 0 aliphatic heterocycles. The van der Waals surface area contributed by atoms with Crippen molar-refractivity contribution in [2.45, 2.75) is 20.3 Å². The van der Waals surface area contributed by atoms with Crippen LogP contribution in [0.2, 0.25) is 0 Å². The van der Waals surface area contributed by atoms with Gasteiger partial charge in [0.2, 0.25) is 5.91 Å². The Kier molecular flexibility index (Phi) is 5.11. The summed E-state index contributed by atoms with van der Waals surface area (Å²) < 4.78 is 1.84. The number of benzene rings is 2. The summed E-state index contributed by atoms with van der Waals surface area (Å²) in [5.74, 6) is 0.325. The van der Waals surface area contributed by atoms with Gasteiger partial charge in [-0.3, -0.25) is 9.78 Å². The highest BCUT2D eigenvalue weighted by Crippen LogP contribution is 2.31. The van der Waals surface area contributed by atoms with Gasteiger partial charge in [0.25, 0.3) is 0 Å². The van der Waals surface area contributed by atoms with E-state index in [1.807, 2.05) is 73.1 Å². The van der Waals surface area contributed by atoms with Crippen LogP contribution in [-0.4, -0.2) is 25.5 Å². The maximum absolute atomic E-state index is 12.2. The molecule has 0 bridgehead atoms. The summed E-state index contributed by atoms with van der Waals surface area (Å²) in [6.07, 6.45) is 5.92. The molecule has 0 spiro atoms. The molecule has 6 heteroatoms. The summed E-state index contributed by atoms with van der Waals surface area (Å²) in [7, 11) is 0. The summed E-state index contributed by atoms with van der Waals surface area (Å²) in [4.78, 5) is 21.4. The molecule has 3 heterocycles. The summed E-state index contributed by atoms with van der Waals surface area (Å²) in [5, 5.41) is 8.71. The van der Waals surface area contributed by atoms with Gasteiger partial charge in [0, 0.05) is 46.6 Å². The van der Waals surface area contributed by atoms with Crippen LogP contribution in [0.15, 0.2) is 79.3 Å². The van der Waals surface area contributed by atoms with E-state index in [4.69, 9.17) is 0 Å². The fraction of sp³-hybridized carbons (Fsp3) is 0.154. The number of amides is 1. The molecule has 5 aromatic rings. The normalized spacial score (nSPS) is 11.3. The zero-order valence-corrected chi connectivity index (χ0v) is 18.0.